The molecule has 1 unspecified atom stereocenters. The lowest BCUT2D eigenvalue weighted by molar-refractivity contribution is -0.192. The predicted molar refractivity (Wildman–Crippen MR) is 137 cm³/mol. The fourth-order valence-electron chi connectivity index (χ4n) is 4.93. The van der Waals surface area contributed by atoms with Crippen molar-refractivity contribution in [3.05, 3.63) is 71.8 Å². The minimum Gasteiger partial charge on any atom is -0.333 e. The fourth-order valence-corrected chi connectivity index (χ4v) is 4.93. The molecule has 8 heteroatoms. The van der Waals surface area contributed by atoms with E-state index in [1.54, 1.807) is 19.8 Å². The highest BCUT2D eigenvalue weighted by Gasteiger charge is 2.52. The number of fused-ring (bicyclic) bond motifs is 1. The maximum atomic E-state index is 13.7. The summed E-state index contributed by atoms with van der Waals surface area (Å²) in [5.41, 5.74) is 1.95. The third-order valence-corrected chi connectivity index (χ3v) is 6.93. The largest absolute Gasteiger partial charge is 0.334 e. The third kappa shape index (κ3) is 5.21. The fraction of sp³-hybridized carbons (Fsp3) is 0.393. The predicted octanol–water partition coefficient (Wildman–Crippen LogP) is 2.67. The van der Waals surface area contributed by atoms with Crippen LogP contribution in [0.15, 0.2) is 60.7 Å². The number of hydrazine groups is 1. The molecule has 2 fully saturated rings. The molecule has 0 spiro atoms. The van der Waals surface area contributed by atoms with Crippen molar-refractivity contribution in [3.8, 4) is 12.3 Å². The van der Waals surface area contributed by atoms with E-state index in [0.29, 0.717) is 13.1 Å². The minimum absolute atomic E-state index is 0.0572. The molecule has 1 N–H and O–H groups in total. The number of piperazine rings is 1. The average Bonchev–Trinajstić information content (AvgIpc) is 2.89. The number of urea groups is 1. The topological polar surface area (TPSA) is 76.2 Å². The lowest BCUT2D eigenvalue weighted by atomic mass is 9.92. The Balaban J connectivity index is 1.67. The Morgan fingerprint density at radius 3 is 2.33 bits per heavy atom. The van der Waals surface area contributed by atoms with Gasteiger partial charge in [-0.05, 0) is 17.0 Å². The first-order chi connectivity index (χ1) is 17.4. The number of terminal acetylenes is 1. The summed E-state index contributed by atoms with van der Waals surface area (Å²) in [6.07, 6.45) is 5.68. The van der Waals surface area contributed by atoms with Crippen LogP contribution in [-0.4, -0.2) is 69.5 Å². The van der Waals surface area contributed by atoms with Gasteiger partial charge in [0.25, 0.3) is 0 Å². The molecule has 2 aromatic rings. The zero-order chi connectivity index (χ0) is 25.7. The maximum absolute atomic E-state index is 13.7. The van der Waals surface area contributed by atoms with E-state index < -0.39 is 12.2 Å². The van der Waals surface area contributed by atoms with E-state index >= 15 is 0 Å². The highest BCUT2D eigenvalue weighted by molar-refractivity contribution is 5.91. The Kier molecular flexibility index (Phi) is 7.91. The van der Waals surface area contributed by atoms with Crippen LogP contribution in [-0.2, 0) is 22.7 Å². The van der Waals surface area contributed by atoms with Crippen LogP contribution in [0.4, 0.5) is 4.79 Å². The Labute approximate surface area is 212 Å². The first-order valence-corrected chi connectivity index (χ1v) is 12.4. The van der Waals surface area contributed by atoms with Gasteiger partial charge >= 0.3 is 6.03 Å². The quantitative estimate of drug-likeness (QED) is 0.610. The summed E-state index contributed by atoms with van der Waals surface area (Å²) in [7, 11) is 0. The number of amides is 4. The molecule has 2 aliphatic heterocycles. The Hall–Kier alpha value is -3.83. The van der Waals surface area contributed by atoms with Crippen LogP contribution < -0.4 is 5.32 Å². The highest BCUT2D eigenvalue weighted by atomic mass is 16.2. The molecule has 188 valence electrons. The summed E-state index contributed by atoms with van der Waals surface area (Å²) in [4.78, 5) is 44.0. The van der Waals surface area contributed by atoms with Crippen molar-refractivity contribution in [2.75, 3.05) is 19.6 Å². The SMILES string of the molecule is C#CCN1CC(=O)N2[C@@H](C(C)CC)C(=O)N(Cc3ccccc3)C[C@@H]2N1C(=O)NCc1ccccc1. The van der Waals surface area contributed by atoms with Gasteiger partial charge in [0.15, 0.2) is 0 Å². The summed E-state index contributed by atoms with van der Waals surface area (Å²) in [5.74, 6) is 2.21. The monoisotopic (exact) mass is 487 g/mol. The van der Waals surface area contributed by atoms with Gasteiger partial charge in [-0.3, -0.25) is 9.59 Å². The number of benzene rings is 2. The molecule has 2 heterocycles. The summed E-state index contributed by atoms with van der Waals surface area (Å²) in [5, 5.41) is 6.12. The van der Waals surface area contributed by atoms with Crippen molar-refractivity contribution in [2.24, 2.45) is 5.92 Å². The van der Waals surface area contributed by atoms with Crippen molar-refractivity contribution in [1.82, 2.24) is 25.1 Å². The third-order valence-electron chi connectivity index (χ3n) is 6.93. The van der Waals surface area contributed by atoms with Crippen molar-refractivity contribution in [1.29, 1.82) is 0 Å². The summed E-state index contributed by atoms with van der Waals surface area (Å²) >= 11 is 0. The van der Waals surface area contributed by atoms with E-state index in [4.69, 9.17) is 6.42 Å². The molecule has 0 radical (unpaired) electrons. The zero-order valence-corrected chi connectivity index (χ0v) is 20.8. The van der Waals surface area contributed by atoms with Crippen molar-refractivity contribution in [3.63, 3.8) is 0 Å². The van der Waals surface area contributed by atoms with Crippen molar-refractivity contribution in [2.45, 2.75) is 45.6 Å². The standard InChI is InChI=1S/C28H33N5O3/c1-4-16-31-20-25(34)32-24(33(31)28(36)29-17-22-12-8-6-9-13-22)19-30(18-23-14-10-7-11-15-23)27(35)26(32)21(3)5-2/h1,6-15,21,24,26H,5,16-20H2,2-3H3,(H,29,36)/t21?,24-,26-/m0/s1. The molecule has 0 bridgehead atoms. The van der Waals surface area contributed by atoms with Crippen LogP contribution in [0.5, 0.6) is 0 Å². The van der Waals surface area contributed by atoms with Gasteiger partial charge in [-0.1, -0.05) is 86.9 Å². The van der Waals surface area contributed by atoms with Crippen LogP contribution >= 0.6 is 0 Å². The van der Waals surface area contributed by atoms with Gasteiger partial charge in [0.05, 0.1) is 19.6 Å². The Morgan fingerprint density at radius 2 is 1.72 bits per heavy atom. The van der Waals surface area contributed by atoms with E-state index in [-0.39, 0.29) is 43.4 Å². The first kappa shape index (κ1) is 25.3. The van der Waals surface area contributed by atoms with E-state index in [1.165, 1.54) is 0 Å². The second-order valence-electron chi connectivity index (χ2n) is 9.33. The second-order valence-corrected chi connectivity index (χ2v) is 9.33. The molecule has 4 rings (SSSR count). The molecule has 8 nitrogen and oxygen atoms in total. The number of hydrogen-bond donors (Lipinski definition) is 1. The number of hydrogen-bond acceptors (Lipinski definition) is 4. The van der Waals surface area contributed by atoms with Crippen LogP contribution in [0.1, 0.15) is 31.4 Å². The van der Waals surface area contributed by atoms with Crippen molar-refractivity contribution >= 4 is 17.8 Å². The lowest BCUT2D eigenvalue weighted by Crippen LogP contribution is -2.77. The van der Waals surface area contributed by atoms with Gasteiger partial charge in [0.2, 0.25) is 11.8 Å². The van der Waals surface area contributed by atoms with Gasteiger partial charge in [-0.2, -0.15) is 5.01 Å². The molecule has 36 heavy (non-hydrogen) atoms. The Morgan fingerprint density at radius 1 is 1.08 bits per heavy atom. The number of nitrogens with zero attached hydrogens (tertiary/aromatic N) is 4. The van der Waals surface area contributed by atoms with Crippen molar-refractivity contribution < 1.29 is 14.4 Å². The van der Waals surface area contributed by atoms with Gasteiger partial charge in [-0.15, -0.1) is 6.42 Å². The number of carbonyl (C=O) groups excluding carboxylic acids is 3. The van der Waals surface area contributed by atoms with Gasteiger partial charge in [0.1, 0.15) is 12.2 Å². The minimum atomic E-state index is -0.657. The normalized spacial score (nSPS) is 21.1. The van der Waals surface area contributed by atoms with Gasteiger partial charge < -0.3 is 15.1 Å². The first-order valence-electron chi connectivity index (χ1n) is 12.4. The van der Waals surface area contributed by atoms with Crippen LogP contribution in [0.3, 0.4) is 0 Å². The van der Waals surface area contributed by atoms with E-state index in [2.05, 4.69) is 11.2 Å². The highest BCUT2D eigenvalue weighted by Crippen LogP contribution is 2.31. The van der Waals surface area contributed by atoms with Crippen LogP contribution in [0, 0.1) is 18.3 Å². The van der Waals surface area contributed by atoms with Crippen LogP contribution in [0.25, 0.3) is 0 Å². The summed E-state index contributed by atoms with van der Waals surface area (Å²) in [6.45, 7) is 4.97. The lowest BCUT2D eigenvalue weighted by Gasteiger charge is -2.55. The molecule has 0 saturated carbocycles. The van der Waals surface area contributed by atoms with Gasteiger partial charge in [0, 0.05) is 13.1 Å². The smallest absolute Gasteiger partial charge is 0.333 e. The molecule has 2 aromatic carbocycles. The molecular formula is C28H33N5O3. The molecule has 2 saturated heterocycles. The molecule has 2 aliphatic rings. The second kappa shape index (κ2) is 11.3. The molecule has 3 atom stereocenters. The van der Waals surface area contributed by atoms with E-state index in [0.717, 1.165) is 17.5 Å². The van der Waals surface area contributed by atoms with Crippen LogP contribution in [0.2, 0.25) is 0 Å². The number of nitrogens with one attached hydrogen (secondary N) is 1. The van der Waals surface area contributed by atoms with E-state index in [1.807, 2.05) is 74.5 Å². The van der Waals surface area contributed by atoms with E-state index in [9.17, 15) is 14.4 Å². The molecular weight excluding hydrogens is 454 g/mol. The summed E-state index contributed by atoms with van der Waals surface area (Å²) in [6, 6.07) is 18.4. The zero-order valence-electron chi connectivity index (χ0n) is 20.8. The molecule has 0 aliphatic carbocycles. The Bertz CT molecular complexity index is 1120. The molecule has 0 aromatic heterocycles. The molecule has 4 amide bonds. The maximum Gasteiger partial charge on any atom is 0.334 e. The number of carbonyl (C=O) groups is 3. The average molecular weight is 488 g/mol. The van der Waals surface area contributed by atoms with Gasteiger partial charge in [-0.25, -0.2) is 9.80 Å². The summed E-state index contributed by atoms with van der Waals surface area (Å²) < 4.78 is 0. The number of rotatable bonds is 7.